The van der Waals surface area contributed by atoms with Gasteiger partial charge in [-0.05, 0) is 71.6 Å². The van der Waals surface area contributed by atoms with Crippen LogP contribution in [0.1, 0.15) is 54.5 Å². The van der Waals surface area contributed by atoms with E-state index >= 15 is 0 Å². The summed E-state index contributed by atoms with van der Waals surface area (Å²) in [6.07, 6.45) is -3.02. The third-order valence-electron chi connectivity index (χ3n) is 9.83. The molecule has 0 saturated carbocycles. The van der Waals surface area contributed by atoms with Crippen LogP contribution >= 0.6 is 0 Å². The number of halogens is 3. The summed E-state index contributed by atoms with van der Waals surface area (Å²) in [5.41, 5.74) is 5.24. The van der Waals surface area contributed by atoms with Gasteiger partial charge in [0.05, 0.1) is 18.7 Å². The van der Waals surface area contributed by atoms with Crippen molar-refractivity contribution in [1.29, 1.82) is 0 Å². The SMILES string of the molecule is Cc1cc(C(=O)N2Cc3ccc(C(=O)N4CCN(Cc5ccc[n+]([O-])c5C)CC4)n3Cc3ccccc32)ccc1-c1ccccc1C(F)(F)F. The van der Waals surface area contributed by atoms with E-state index in [-0.39, 0.29) is 23.9 Å². The minimum atomic E-state index is -4.51. The number of fused-ring (bicyclic) bond motifs is 2. The highest BCUT2D eigenvalue weighted by Crippen LogP contribution is 2.38. The predicted octanol–water partition coefficient (Wildman–Crippen LogP) is 6.59. The number of rotatable bonds is 5. The van der Waals surface area contributed by atoms with Crippen LogP contribution < -0.4 is 9.63 Å². The molecule has 50 heavy (non-hydrogen) atoms. The highest BCUT2D eigenvalue weighted by atomic mass is 19.4. The van der Waals surface area contributed by atoms with E-state index in [0.717, 1.165) is 27.6 Å². The number of pyridine rings is 1. The molecule has 2 aliphatic heterocycles. The molecule has 1 saturated heterocycles. The lowest BCUT2D eigenvalue weighted by Crippen LogP contribution is -2.49. The Labute approximate surface area is 288 Å². The van der Waals surface area contributed by atoms with E-state index in [1.807, 2.05) is 58.9 Å². The monoisotopic (exact) mass is 679 g/mol. The molecule has 0 atom stereocenters. The first kappa shape index (κ1) is 33.1. The molecule has 8 nitrogen and oxygen atoms in total. The fourth-order valence-electron chi connectivity index (χ4n) is 7.04. The maximum absolute atomic E-state index is 14.2. The first-order chi connectivity index (χ1) is 24.0. The first-order valence-electron chi connectivity index (χ1n) is 16.5. The number of carbonyl (C=O) groups is 2. The van der Waals surface area contributed by atoms with Gasteiger partial charge in [-0.2, -0.15) is 17.9 Å². The van der Waals surface area contributed by atoms with Crippen LogP contribution in [0, 0.1) is 19.1 Å². The van der Waals surface area contributed by atoms with Gasteiger partial charge in [-0.25, -0.2) is 0 Å². The minimum absolute atomic E-state index is 0.0660. The molecule has 2 aliphatic rings. The zero-order valence-corrected chi connectivity index (χ0v) is 27.8. The number of alkyl halides is 3. The standard InChI is InChI=1S/C39H36F3N5O3/c1-26-22-28(13-15-32(26)33-10-4-5-11-34(33)39(40,41)42)37(48)46-25-31-14-16-36(45(31)24-30-8-3-6-12-35(30)46)38(49)44-20-18-43(19-21-44)23-29-9-7-17-47(50)27(29)2/h3-17,22H,18-21,23-25H2,1-2H3. The van der Waals surface area contributed by atoms with Crippen molar-refractivity contribution in [2.24, 2.45) is 0 Å². The summed E-state index contributed by atoms with van der Waals surface area (Å²) in [4.78, 5) is 33.9. The van der Waals surface area contributed by atoms with Gasteiger partial charge in [0.15, 0.2) is 11.9 Å². The molecule has 2 amide bonds. The molecule has 0 radical (unpaired) electrons. The van der Waals surface area contributed by atoms with Crippen LogP contribution in [0.3, 0.4) is 0 Å². The Balaban J connectivity index is 1.12. The van der Waals surface area contributed by atoms with Gasteiger partial charge in [0, 0.05) is 68.2 Å². The average molecular weight is 680 g/mol. The van der Waals surface area contributed by atoms with E-state index < -0.39 is 11.7 Å². The van der Waals surface area contributed by atoms with Crippen molar-refractivity contribution in [3.05, 3.63) is 147 Å². The smallest absolute Gasteiger partial charge is 0.417 e. The number of hydrogen-bond donors (Lipinski definition) is 0. The summed E-state index contributed by atoms with van der Waals surface area (Å²) >= 11 is 0. The van der Waals surface area contributed by atoms with Crippen LogP contribution in [0.2, 0.25) is 0 Å². The summed E-state index contributed by atoms with van der Waals surface area (Å²) in [5.74, 6) is -0.363. The normalized spacial score (nSPS) is 15.0. The lowest BCUT2D eigenvalue weighted by Gasteiger charge is -2.35. The number of nitrogens with zero attached hydrogens (tertiary/aromatic N) is 5. The zero-order valence-electron chi connectivity index (χ0n) is 27.8. The van der Waals surface area contributed by atoms with Gasteiger partial charge in [0.1, 0.15) is 5.69 Å². The van der Waals surface area contributed by atoms with Crippen LogP contribution in [-0.4, -0.2) is 52.4 Å². The number of amides is 2. The Hall–Kier alpha value is -5.42. The highest BCUT2D eigenvalue weighted by Gasteiger charge is 2.34. The summed E-state index contributed by atoms with van der Waals surface area (Å²) in [6, 6.07) is 25.2. The molecular formula is C39H36F3N5O3. The van der Waals surface area contributed by atoms with Crippen molar-refractivity contribution >= 4 is 17.5 Å². The Bertz CT molecular complexity index is 2100. The summed E-state index contributed by atoms with van der Waals surface area (Å²) in [7, 11) is 0. The van der Waals surface area contributed by atoms with E-state index in [9.17, 15) is 28.0 Å². The topological polar surface area (TPSA) is 75.7 Å². The second kappa shape index (κ2) is 13.1. The van der Waals surface area contributed by atoms with E-state index in [1.165, 1.54) is 18.3 Å². The summed E-state index contributed by atoms with van der Waals surface area (Å²) in [5, 5.41) is 12.0. The molecule has 3 aromatic carbocycles. The molecule has 0 spiro atoms. The van der Waals surface area contributed by atoms with Gasteiger partial charge >= 0.3 is 6.18 Å². The Morgan fingerprint density at radius 3 is 2.30 bits per heavy atom. The van der Waals surface area contributed by atoms with Crippen LogP contribution in [-0.2, 0) is 25.8 Å². The maximum Gasteiger partial charge on any atom is 0.417 e. The van der Waals surface area contributed by atoms with Crippen molar-refractivity contribution in [3.63, 3.8) is 0 Å². The fraction of sp³-hybridized carbons (Fsp3) is 0.256. The Morgan fingerprint density at radius 2 is 1.54 bits per heavy atom. The molecule has 5 aromatic rings. The summed E-state index contributed by atoms with van der Waals surface area (Å²) in [6.45, 7) is 7.23. The van der Waals surface area contributed by atoms with Crippen molar-refractivity contribution in [2.45, 2.75) is 39.7 Å². The molecule has 1 fully saturated rings. The summed E-state index contributed by atoms with van der Waals surface area (Å²) < 4.78 is 44.2. The minimum Gasteiger partial charge on any atom is -0.619 e. The van der Waals surface area contributed by atoms with Gasteiger partial charge in [-0.15, -0.1) is 0 Å². The Morgan fingerprint density at radius 1 is 0.800 bits per heavy atom. The molecule has 256 valence electrons. The van der Waals surface area contributed by atoms with E-state index in [4.69, 9.17) is 0 Å². The van der Waals surface area contributed by atoms with Gasteiger partial charge in [-0.3, -0.25) is 14.5 Å². The Kier molecular flexibility index (Phi) is 8.69. The number of benzene rings is 3. The maximum atomic E-state index is 14.2. The molecule has 0 N–H and O–H groups in total. The van der Waals surface area contributed by atoms with Gasteiger partial charge in [0.2, 0.25) is 0 Å². The van der Waals surface area contributed by atoms with Crippen molar-refractivity contribution < 1.29 is 27.5 Å². The molecule has 0 unspecified atom stereocenters. The van der Waals surface area contributed by atoms with Crippen molar-refractivity contribution in [3.8, 4) is 11.1 Å². The number of aromatic nitrogens is 2. The highest BCUT2D eigenvalue weighted by molar-refractivity contribution is 6.07. The van der Waals surface area contributed by atoms with Crippen LogP contribution in [0.5, 0.6) is 0 Å². The fourth-order valence-corrected chi connectivity index (χ4v) is 7.04. The molecule has 11 heteroatoms. The number of anilines is 1. The number of carbonyl (C=O) groups excluding carboxylic acids is 2. The number of hydrogen-bond acceptors (Lipinski definition) is 4. The first-order valence-corrected chi connectivity index (χ1v) is 16.5. The molecule has 2 aromatic heterocycles. The third kappa shape index (κ3) is 6.24. The molecule has 7 rings (SSSR count). The van der Waals surface area contributed by atoms with E-state index in [0.29, 0.717) is 73.0 Å². The largest absolute Gasteiger partial charge is 0.619 e. The van der Waals surface area contributed by atoms with Crippen LogP contribution in [0.4, 0.5) is 18.9 Å². The second-order valence-electron chi connectivity index (χ2n) is 12.9. The van der Waals surface area contributed by atoms with Gasteiger partial charge in [0.25, 0.3) is 11.8 Å². The lowest BCUT2D eigenvalue weighted by molar-refractivity contribution is -0.612. The number of aryl methyl sites for hydroxylation is 1. The second-order valence-corrected chi connectivity index (χ2v) is 12.9. The van der Waals surface area contributed by atoms with Crippen molar-refractivity contribution in [1.82, 2.24) is 14.4 Å². The lowest BCUT2D eigenvalue weighted by atomic mass is 9.94. The number of piperazine rings is 1. The van der Waals surface area contributed by atoms with Crippen LogP contribution in [0.25, 0.3) is 11.1 Å². The quantitative estimate of drug-likeness (QED) is 0.155. The third-order valence-corrected chi connectivity index (χ3v) is 9.83. The number of para-hydroxylation sites is 1. The molecule has 4 heterocycles. The average Bonchev–Trinajstić information content (AvgIpc) is 3.42. The molecule has 0 aliphatic carbocycles. The molecule has 0 bridgehead atoms. The predicted molar refractivity (Wildman–Crippen MR) is 183 cm³/mol. The van der Waals surface area contributed by atoms with Gasteiger partial charge < -0.3 is 19.6 Å². The van der Waals surface area contributed by atoms with Crippen molar-refractivity contribution in [2.75, 3.05) is 31.1 Å². The van der Waals surface area contributed by atoms with E-state index in [1.54, 1.807) is 42.2 Å². The van der Waals surface area contributed by atoms with E-state index in [2.05, 4.69) is 4.90 Å². The van der Waals surface area contributed by atoms with Gasteiger partial charge in [-0.1, -0.05) is 42.5 Å². The zero-order chi connectivity index (χ0) is 35.2. The van der Waals surface area contributed by atoms with Crippen LogP contribution in [0.15, 0.2) is 97.2 Å². The molecular weight excluding hydrogens is 643 g/mol.